The number of hydrogen-bond acceptors (Lipinski definition) is 5. The van der Waals surface area contributed by atoms with Gasteiger partial charge in [0.2, 0.25) is 0 Å². The number of H-pyrrole nitrogens is 1. The maximum Gasteiger partial charge on any atom is 0.453 e. The standard InChI is InChI=1S/C29H21F6N3O4/c30-28(31,32)21-9-7-19-20(25(21)14-1-3-15(4-2-14)26-36-27(38-37-26)29(33,34)35)8-10-22(19)42-17-5-6-18-16(11-24(39)40)13-41-23(18)12-17/h1-7,9,12,16,22H,8,10-11,13H2,(H,39,40)(H,36,37,38)/t16-,22-/m1/s1. The Labute approximate surface area is 234 Å². The summed E-state index contributed by atoms with van der Waals surface area (Å²) in [5, 5.41) is 14.5. The van der Waals surface area contributed by atoms with Gasteiger partial charge in [0.05, 0.1) is 18.6 Å². The zero-order valence-corrected chi connectivity index (χ0v) is 21.5. The predicted molar refractivity (Wildman–Crippen MR) is 136 cm³/mol. The molecule has 3 aromatic carbocycles. The van der Waals surface area contributed by atoms with Crippen molar-refractivity contribution in [2.75, 3.05) is 6.61 Å². The van der Waals surface area contributed by atoms with Gasteiger partial charge in [0.1, 0.15) is 17.6 Å². The summed E-state index contributed by atoms with van der Waals surface area (Å²) in [6.07, 6.45) is -9.28. The van der Waals surface area contributed by atoms with E-state index in [1.54, 1.807) is 18.2 Å². The van der Waals surface area contributed by atoms with E-state index in [1.165, 1.54) is 30.3 Å². The number of carboxylic acid groups (broad SMARTS) is 1. The minimum Gasteiger partial charge on any atom is -0.492 e. The fourth-order valence-electron chi connectivity index (χ4n) is 5.54. The summed E-state index contributed by atoms with van der Waals surface area (Å²) >= 11 is 0. The summed E-state index contributed by atoms with van der Waals surface area (Å²) in [4.78, 5) is 14.5. The molecule has 0 bridgehead atoms. The van der Waals surface area contributed by atoms with Crippen LogP contribution in [0.2, 0.25) is 0 Å². The SMILES string of the molecule is O=C(O)C[C@@H]1COc2cc(O[C@@H]3CCc4c3ccc(C(F)(F)F)c4-c3ccc(-c4nc(C(F)(F)F)n[nH]4)cc3)ccc21. The van der Waals surface area contributed by atoms with Crippen LogP contribution in [0.5, 0.6) is 11.5 Å². The fraction of sp³-hybridized carbons (Fsp3) is 0.276. The summed E-state index contributed by atoms with van der Waals surface area (Å²) in [6, 6.07) is 13.1. The van der Waals surface area contributed by atoms with Crippen LogP contribution in [0.25, 0.3) is 22.5 Å². The molecule has 2 atom stereocenters. The Morgan fingerprint density at radius 3 is 2.36 bits per heavy atom. The first-order chi connectivity index (χ1) is 19.9. The molecule has 0 fully saturated rings. The molecule has 42 heavy (non-hydrogen) atoms. The predicted octanol–water partition coefficient (Wildman–Crippen LogP) is 7.19. The highest BCUT2D eigenvalue weighted by molar-refractivity contribution is 5.76. The van der Waals surface area contributed by atoms with Crippen LogP contribution in [-0.4, -0.2) is 32.9 Å². The summed E-state index contributed by atoms with van der Waals surface area (Å²) in [5.41, 5.74) is 1.46. The Kier molecular flexibility index (Phi) is 6.62. The number of alkyl halides is 6. The molecule has 6 rings (SSSR count). The Morgan fingerprint density at radius 1 is 0.976 bits per heavy atom. The van der Waals surface area contributed by atoms with Crippen molar-refractivity contribution < 1.29 is 45.7 Å². The molecule has 2 heterocycles. The summed E-state index contributed by atoms with van der Waals surface area (Å²) in [7, 11) is 0. The average molecular weight is 589 g/mol. The second-order valence-corrected chi connectivity index (χ2v) is 10.1. The highest BCUT2D eigenvalue weighted by Gasteiger charge is 2.39. The van der Waals surface area contributed by atoms with Gasteiger partial charge >= 0.3 is 18.3 Å². The number of halogens is 6. The van der Waals surface area contributed by atoms with E-state index in [4.69, 9.17) is 14.6 Å². The Morgan fingerprint density at radius 2 is 1.69 bits per heavy atom. The van der Waals surface area contributed by atoms with E-state index in [0.29, 0.717) is 35.5 Å². The van der Waals surface area contributed by atoms with Gasteiger partial charge in [0, 0.05) is 23.1 Å². The molecule has 0 spiro atoms. The number of ether oxygens (including phenoxy) is 2. The van der Waals surface area contributed by atoms with E-state index < -0.39 is 35.8 Å². The molecule has 1 aliphatic carbocycles. The maximum absolute atomic E-state index is 14.1. The molecular weight excluding hydrogens is 568 g/mol. The molecule has 0 radical (unpaired) electrons. The lowest BCUT2D eigenvalue weighted by Gasteiger charge is -2.20. The van der Waals surface area contributed by atoms with E-state index in [-0.39, 0.29) is 41.5 Å². The second-order valence-electron chi connectivity index (χ2n) is 10.1. The molecule has 0 saturated carbocycles. The molecule has 2 aliphatic rings. The van der Waals surface area contributed by atoms with Gasteiger partial charge in [-0.3, -0.25) is 9.89 Å². The number of carbonyl (C=O) groups is 1. The van der Waals surface area contributed by atoms with E-state index >= 15 is 0 Å². The van der Waals surface area contributed by atoms with Crippen LogP contribution in [0.15, 0.2) is 54.6 Å². The molecule has 1 aliphatic heterocycles. The molecule has 0 unspecified atom stereocenters. The summed E-state index contributed by atoms with van der Waals surface area (Å²) in [5.74, 6) is -1.76. The number of rotatable bonds is 6. The van der Waals surface area contributed by atoms with Gasteiger partial charge in [-0.2, -0.15) is 26.3 Å². The number of aromatic amines is 1. The quantitative estimate of drug-likeness (QED) is 0.231. The first-order valence-electron chi connectivity index (χ1n) is 12.9. The molecule has 0 amide bonds. The molecular formula is C29H21F6N3O4. The third-order valence-electron chi connectivity index (χ3n) is 7.41. The number of benzene rings is 3. The van der Waals surface area contributed by atoms with Crippen molar-refractivity contribution in [1.82, 2.24) is 15.2 Å². The normalized spacial score (nSPS) is 18.0. The van der Waals surface area contributed by atoms with Gasteiger partial charge < -0.3 is 14.6 Å². The first-order valence-corrected chi connectivity index (χ1v) is 12.9. The molecule has 13 heteroatoms. The van der Waals surface area contributed by atoms with Crippen molar-refractivity contribution in [1.29, 1.82) is 0 Å². The van der Waals surface area contributed by atoms with Crippen LogP contribution in [0.4, 0.5) is 26.3 Å². The van der Waals surface area contributed by atoms with Crippen LogP contribution < -0.4 is 9.47 Å². The van der Waals surface area contributed by atoms with Crippen molar-refractivity contribution in [3.63, 3.8) is 0 Å². The summed E-state index contributed by atoms with van der Waals surface area (Å²) in [6.45, 7) is 0.236. The minimum atomic E-state index is -4.74. The number of aliphatic carboxylic acids is 1. The topological polar surface area (TPSA) is 97.3 Å². The van der Waals surface area contributed by atoms with Crippen LogP contribution in [0.1, 0.15) is 52.9 Å². The number of aromatic nitrogens is 3. The fourth-order valence-corrected chi connectivity index (χ4v) is 5.54. The minimum absolute atomic E-state index is 0.0139. The highest BCUT2D eigenvalue weighted by Crippen LogP contribution is 2.47. The van der Waals surface area contributed by atoms with Crippen LogP contribution >= 0.6 is 0 Å². The first kappa shape index (κ1) is 27.6. The lowest BCUT2D eigenvalue weighted by atomic mass is 9.91. The molecule has 218 valence electrons. The number of hydrogen-bond donors (Lipinski definition) is 2. The number of nitrogens with one attached hydrogen (secondary N) is 1. The van der Waals surface area contributed by atoms with Crippen LogP contribution in [0, 0.1) is 0 Å². The van der Waals surface area contributed by atoms with Gasteiger partial charge in [0.15, 0.2) is 5.82 Å². The van der Waals surface area contributed by atoms with E-state index in [9.17, 15) is 31.1 Å². The second kappa shape index (κ2) is 10.1. The van der Waals surface area contributed by atoms with Crippen LogP contribution in [0.3, 0.4) is 0 Å². The van der Waals surface area contributed by atoms with Gasteiger partial charge in [-0.05, 0) is 47.2 Å². The van der Waals surface area contributed by atoms with Crippen molar-refractivity contribution in [3.8, 4) is 34.0 Å². The smallest absolute Gasteiger partial charge is 0.453 e. The van der Waals surface area contributed by atoms with E-state index in [2.05, 4.69) is 15.2 Å². The number of nitrogens with zero attached hydrogens (tertiary/aromatic N) is 2. The van der Waals surface area contributed by atoms with Crippen molar-refractivity contribution >= 4 is 5.97 Å². The van der Waals surface area contributed by atoms with E-state index in [0.717, 1.165) is 11.6 Å². The lowest BCUT2D eigenvalue weighted by molar-refractivity contribution is -0.144. The molecule has 7 nitrogen and oxygen atoms in total. The lowest BCUT2D eigenvalue weighted by Crippen LogP contribution is -2.10. The monoisotopic (exact) mass is 589 g/mol. The number of carboxylic acids is 1. The van der Waals surface area contributed by atoms with Gasteiger partial charge in [-0.1, -0.05) is 36.4 Å². The highest BCUT2D eigenvalue weighted by atomic mass is 19.4. The van der Waals surface area contributed by atoms with Gasteiger partial charge in [-0.15, -0.1) is 5.10 Å². The Balaban J connectivity index is 1.30. The Hall–Kier alpha value is -4.55. The maximum atomic E-state index is 14.1. The zero-order chi connectivity index (χ0) is 29.8. The van der Waals surface area contributed by atoms with Crippen molar-refractivity contribution in [2.24, 2.45) is 0 Å². The zero-order valence-electron chi connectivity index (χ0n) is 21.5. The third-order valence-corrected chi connectivity index (χ3v) is 7.41. The van der Waals surface area contributed by atoms with Crippen LogP contribution in [-0.2, 0) is 23.6 Å². The van der Waals surface area contributed by atoms with E-state index in [1.807, 2.05) is 0 Å². The average Bonchev–Trinajstić information content (AvgIpc) is 3.67. The molecule has 1 aromatic heterocycles. The largest absolute Gasteiger partial charge is 0.492 e. The van der Waals surface area contributed by atoms with Crippen molar-refractivity contribution in [3.05, 3.63) is 82.7 Å². The van der Waals surface area contributed by atoms with Gasteiger partial charge in [0.25, 0.3) is 5.82 Å². The number of fused-ring (bicyclic) bond motifs is 2. The van der Waals surface area contributed by atoms with Crippen molar-refractivity contribution in [2.45, 2.75) is 43.6 Å². The molecule has 4 aromatic rings. The third kappa shape index (κ3) is 5.14. The van der Waals surface area contributed by atoms with Gasteiger partial charge in [-0.25, -0.2) is 4.98 Å². The molecule has 2 N–H and O–H groups in total. The Bertz CT molecular complexity index is 1660. The molecule has 0 saturated heterocycles. The summed E-state index contributed by atoms with van der Waals surface area (Å²) < 4.78 is 92.9.